The third-order valence-electron chi connectivity index (χ3n) is 3.85. The first kappa shape index (κ1) is 16.2. The molecule has 0 fully saturated rings. The highest BCUT2D eigenvalue weighted by Gasteiger charge is 2.33. The zero-order valence-electron chi connectivity index (χ0n) is 13.1. The molecule has 0 saturated heterocycles. The van der Waals surface area contributed by atoms with E-state index in [2.05, 4.69) is 15.0 Å². The molecule has 3 heterocycles. The smallest absolute Gasteiger partial charge is 0.284 e. The molecule has 8 heteroatoms. The molecule has 130 valence electrons. The fourth-order valence-corrected chi connectivity index (χ4v) is 2.64. The van der Waals surface area contributed by atoms with E-state index in [0.717, 1.165) is 6.07 Å². The lowest BCUT2D eigenvalue weighted by molar-refractivity contribution is -0.141. The highest BCUT2D eigenvalue weighted by atomic mass is 19.4. The monoisotopic (exact) mass is 358 g/mol. The summed E-state index contributed by atoms with van der Waals surface area (Å²) in [5.74, 6) is -0.438. The van der Waals surface area contributed by atoms with E-state index < -0.39 is 11.9 Å². The van der Waals surface area contributed by atoms with E-state index in [1.807, 2.05) is 0 Å². The lowest BCUT2D eigenvalue weighted by atomic mass is 10.1. The normalized spacial score (nSPS) is 11.8. The van der Waals surface area contributed by atoms with Gasteiger partial charge in [0.25, 0.3) is 0 Å². The molecular formula is C18H10F4N4. The first-order chi connectivity index (χ1) is 12.4. The fraction of sp³-hybridized carbons (Fsp3) is 0.0556. The van der Waals surface area contributed by atoms with Gasteiger partial charge >= 0.3 is 6.18 Å². The second-order valence-corrected chi connectivity index (χ2v) is 5.56. The molecule has 0 aliphatic carbocycles. The van der Waals surface area contributed by atoms with Crippen LogP contribution in [0.3, 0.4) is 0 Å². The summed E-state index contributed by atoms with van der Waals surface area (Å²) in [6, 6.07) is 10.3. The van der Waals surface area contributed by atoms with Crippen molar-refractivity contribution in [2.45, 2.75) is 6.18 Å². The molecule has 0 N–H and O–H groups in total. The Hall–Kier alpha value is -3.29. The molecule has 0 aliphatic rings. The Morgan fingerprint density at radius 3 is 2.54 bits per heavy atom. The minimum atomic E-state index is -4.53. The van der Waals surface area contributed by atoms with Crippen LogP contribution in [0.4, 0.5) is 17.6 Å². The van der Waals surface area contributed by atoms with E-state index in [1.165, 1.54) is 28.9 Å². The van der Waals surface area contributed by atoms with Gasteiger partial charge in [-0.3, -0.25) is 9.38 Å². The third kappa shape index (κ3) is 2.90. The van der Waals surface area contributed by atoms with Gasteiger partial charge in [-0.2, -0.15) is 13.2 Å². The average molecular weight is 358 g/mol. The van der Waals surface area contributed by atoms with E-state index in [-0.39, 0.29) is 11.6 Å². The standard InChI is InChI=1S/C18H10F4N4/c19-13-3-1-2-11(8-13)14-9-12(4-6-23-14)15-10-24-17-25-16(18(20,21)22)5-7-26(15)17/h1-10H. The maximum Gasteiger partial charge on any atom is 0.433 e. The first-order valence-electron chi connectivity index (χ1n) is 7.55. The van der Waals surface area contributed by atoms with Gasteiger partial charge in [-0.1, -0.05) is 12.1 Å². The van der Waals surface area contributed by atoms with Gasteiger partial charge in [-0.25, -0.2) is 14.4 Å². The van der Waals surface area contributed by atoms with E-state index in [9.17, 15) is 17.6 Å². The Balaban J connectivity index is 1.80. The highest BCUT2D eigenvalue weighted by Crippen LogP contribution is 2.29. The molecule has 0 atom stereocenters. The third-order valence-corrected chi connectivity index (χ3v) is 3.85. The molecule has 3 aromatic heterocycles. The van der Waals surface area contributed by atoms with Gasteiger partial charge in [-0.15, -0.1) is 0 Å². The molecular weight excluding hydrogens is 348 g/mol. The summed E-state index contributed by atoms with van der Waals surface area (Å²) in [4.78, 5) is 11.7. The summed E-state index contributed by atoms with van der Waals surface area (Å²) >= 11 is 0. The summed E-state index contributed by atoms with van der Waals surface area (Å²) in [5, 5.41) is 0. The van der Waals surface area contributed by atoms with Gasteiger partial charge < -0.3 is 0 Å². The Bertz CT molecular complexity index is 1100. The number of imidazole rings is 1. The molecule has 0 unspecified atom stereocenters. The van der Waals surface area contributed by atoms with Gasteiger partial charge in [0, 0.05) is 23.5 Å². The number of pyridine rings is 1. The predicted octanol–water partition coefficient (Wildman–Crippen LogP) is 4.62. The molecule has 4 rings (SSSR count). The maximum atomic E-state index is 13.4. The number of hydrogen-bond acceptors (Lipinski definition) is 3. The van der Waals surface area contributed by atoms with Gasteiger partial charge in [0.05, 0.1) is 17.6 Å². The van der Waals surface area contributed by atoms with E-state index in [0.29, 0.717) is 22.5 Å². The van der Waals surface area contributed by atoms with Crippen LogP contribution in [0.5, 0.6) is 0 Å². The van der Waals surface area contributed by atoms with Gasteiger partial charge in [0.2, 0.25) is 5.78 Å². The van der Waals surface area contributed by atoms with Crippen molar-refractivity contribution in [1.82, 2.24) is 19.4 Å². The Morgan fingerprint density at radius 1 is 0.923 bits per heavy atom. The van der Waals surface area contributed by atoms with Crippen molar-refractivity contribution < 1.29 is 17.6 Å². The quantitative estimate of drug-likeness (QED) is 0.491. The van der Waals surface area contributed by atoms with Gasteiger partial charge in [0.1, 0.15) is 11.5 Å². The van der Waals surface area contributed by atoms with Crippen molar-refractivity contribution in [2.24, 2.45) is 0 Å². The lowest BCUT2D eigenvalue weighted by Gasteiger charge is -2.07. The second kappa shape index (κ2) is 5.91. The zero-order valence-corrected chi connectivity index (χ0v) is 13.1. The summed E-state index contributed by atoms with van der Waals surface area (Å²) in [7, 11) is 0. The summed E-state index contributed by atoms with van der Waals surface area (Å²) in [6.45, 7) is 0. The Labute approximate surface area is 144 Å². The van der Waals surface area contributed by atoms with Crippen molar-refractivity contribution >= 4 is 5.78 Å². The molecule has 0 aliphatic heterocycles. The van der Waals surface area contributed by atoms with Crippen molar-refractivity contribution in [3.63, 3.8) is 0 Å². The molecule has 0 radical (unpaired) electrons. The van der Waals surface area contributed by atoms with Crippen LogP contribution >= 0.6 is 0 Å². The molecule has 0 spiro atoms. The fourth-order valence-electron chi connectivity index (χ4n) is 2.64. The van der Waals surface area contributed by atoms with Crippen molar-refractivity contribution in [1.29, 1.82) is 0 Å². The average Bonchev–Trinajstić information content (AvgIpc) is 3.04. The highest BCUT2D eigenvalue weighted by molar-refractivity contribution is 5.69. The zero-order chi connectivity index (χ0) is 18.3. The number of rotatable bonds is 2. The number of aromatic nitrogens is 4. The van der Waals surface area contributed by atoms with Crippen molar-refractivity contribution in [3.8, 4) is 22.5 Å². The maximum absolute atomic E-state index is 13.4. The number of fused-ring (bicyclic) bond motifs is 1. The molecule has 4 aromatic rings. The van der Waals surface area contributed by atoms with E-state index >= 15 is 0 Å². The SMILES string of the molecule is Fc1cccc(-c2cc(-c3cnc4nc(C(F)(F)F)ccn34)ccn2)c1. The second-order valence-electron chi connectivity index (χ2n) is 5.56. The van der Waals surface area contributed by atoms with Crippen LogP contribution in [0, 0.1) is 5.82 Å². The van der Waals surface area contributed by atoms with Gasteiger partial charge in [0.15, 0.2) is 0 Å². The number of alkyl halides is 3. The number of halogens is 4. The molecule has 26 heavy (non-hydrogen) atoms. The van der Waals surface area contributed by atoms with Crippen LogP contribution in [-0.4, -0.2) is 19.4 Å². The van der Waals surface area contributed by atoms with Crippen LogP contribution in [0.15, 0.2) is 61.1 Å². The Morgan fingerprint density at radius 2 is 1.77 bits per heavy atom. The molecule has 1 aromatic carbocycles. The topological polar surface area (TPSA) is 43.1 Å². The molecule has 0 bridgehead atoms. The number of nitrogens with zero attached hydrogens (tertiary/aromatic N) is 4. The van der Waals surface area contributed by atoms with Crippen LogP contribution in [0.25, 0.3) is 28.3 Å². The van der Waals surface area contributed by atoms with Crippen molar-refractivity contribution in [2.75, 3.05) is 0 Å². The van der Waals surface area contributed by atoms with E-state index in [4.69, 9.17) is 0 Å². The summed E-state index contributed by atoms with van der Waals surface area (Å²) < 4.78 is 53.2. The summed E-state index contributed by atoms with van der Waals surface area (Å²) in [6.07, 6.45) is -0.273. The molecule has 0 saturated carbocycles. The van der Waals surface area contributed by atoms with Crippen LogP contribution < -0.4 is 0 Å². The minimum absolute atomic E-state index is 0.0565. The first-order valence-corrected chi connectivity index (χ1v) is 7.55. The van der Waals surface area contributed by atoms with Crippen LogP contribution in [0.2, 0.25) is 0 Å². The predicted molar refractivity (Wildman–Crippen MR) is 86.6 cm³/mol. The van der Waals surface area contributed by atoms with Gasteiger partial charge in [-0.05, 0) is 30.3 Å². The lowest BCUT2D eigenvalue weighted by Crippen LogP contribution is -2.09. The Kier molecular flexibility index (Phi) is 3.68. The molecule has 0 amide bonds. The summed E-state index contributed by atoms with van der Waals surface area (Å²) in [5.41, 5.74) is 1.36. The number of hydrogen-bond donors (Lipinski definition) is 0. The van der Waals surface area contributed by atoms with Crippen LogP contribution in [0.1, 0.15) is 5.69 Å². The van der Waals surface area contributed by atoms with E-state index in [1.54, 1.807) is 30.5 Å². The van der Waals surface area contributed by atoms with Crippen LogP contribution in [-0.2, 0) is 6.18 Å². The van der Waals surface area contributed by atoms with Crippen molar-refractivity contribution in [3.05, 3.63) is 72.6 Å². The largest absolute Gasteiger partial charge is 0.433 e. The number of benzene rings is 1. The minimum Gasteiger partial charge on any atom is -0.284 e. The molecule has 4 nitrogen and oxygen atoms in total.